The second-order valence-electron chi connectivity index (χ2n) is 3.62. The monoisotopic (exact) mass is 287 g/mol. The molecule has 1 aromatic rings. The number of hydrogen-bond acceptors (Lipinski definition) is 2. The van der Waals surface area contributed by atoms with Gasteiger partial charge in [0.15, 0.2) is 0 Å². The first-order valence-corrected chi connectivity index (χ1v) is 5.83. The standard InChI is InChI=1S/C11H11BrFNO2/c12-8-6-7(13)3-4-9(8)14-11(15)10-2-1-5-16-10/h3-4,6,10H,1-2,5H2,(H,14,15). The molecule has 3 nitrogen and oxygen atoms in total. The van der Waals surface area contributed by atoms with Crippen molar-refractivity contribution in [3.8, 4) is 0 Å². The number of amides is 1. The average Bonchev–Trinajstić information content (AvgIpc) is 2.75. The van der Waals surface area contributed by atoms with Crippen LogP contribution in [-0.4, -0.2) is 18.6 Å². The van der Waals surface area contributed by atoms with E-state index in [9.17, 15) is 9.18 Å². The van der Waals surface area contributed by atoms with E-state index < -0.39 is 0 Å². The van der Waals surface area contributed by atoms with Gasteiger partial charge < -0.3 is 10.1 Å². The number of ether oxygens (including phenoxy) is 1. The zero-order chi connectivity index (χ0) is 11.5. The van der Waals surface area contributed by atoms with Crippen molar-refractivity contribution >= 4 is 27.5 Å². The van der Waals surface area contributed by atoms with Crippen LogP contribution in [0.4, 0.5) is 10.1 Å². The molecular formula is C11H11BrFNO2. The van der Waals surface area contributed by atoms with Crippen molar-refractivity contribution in [2.75, 3.05) is 11.9 Å². The third-order valence-electron chi connectivity index (χ3n) is 2.41. The SMILES string of the molecule is O=C(Nc1ccc(F)cc1Br)C1CCCO1. The largest absolute Gasteiger partial charge is 0.368 e. The Bertz CT molecular complexity index is 405. The van der Waals surface area contributed by atoms with E-state index in [4.69, 9.17) is 4.74 Å². The van der Waals surface area contributed by atoms with E-state index in [0.717, 1.165) is 12.8 Å². The van der Waals surface area contributed by atoms with E-state index in [2.05, 4.69) is 21.2 Å². The van der Waals surface area contributed by atoms with Crippen molar-refractivity contribution < 1.29 is 13.9 Å². The average molecular weight is 288 g/mol. The highest BCUT2D eigenvalue weighted by Gasteiger charge is 2.23. The molecule has 1 aliphatic rings. The number of halogens is 2. The van der Waals surface area contributed by atoms with Crippen molar-refractivity contribution in [1.29, 1.82) is 0 Å². The molecule has 0 spiro atoms. The van der Waals surface area contributed by atoms with E-state index in [-0.39, 0.29) is 17.8 Å². The van der Waals surface area contributed by atoms with E-state index in [1.807, 2.05) is 0 Å². The molecule has 0 saturated carbocycles. The molecular weight excluding hydrogens is 277 g/mol. The molecule has 1 aromatic carbocycles. The van der Waals surface area contributed by atoms with Crippen molar-refractivity contribution in [1.82, 2.24) is 0 Å². The first-order valence-electron chi connectivity index (χ1n) is 5.04. The molecule has 0 aromatic heterocycles. The minimum atomic E-state index is -0.378. The predicted octanol–water partition coefficient (Wildman–Crippen LogP) is 2.71. The Morgan fingerprint density at radius 3 is 3.00 bits per heavy atom. The maximum atomic E-state index is 12.8. The lowest BCUT2D eigenvalue weighted by Crippen LogP contribution is -2.26. The minimum Gasteiger partial charge on any atom is -0.368 e. The molecule has 1 unspecified atom stereocenters. The summed E-state index contributed by atoms with van der Waals surface area (Å²) in [4.78, 5) is 11.7. The van der Waals surface area contributed by atoms with Crippen LogP contribution in [0.5, 0.6) is 0 Å². The quantitative estimate of drug-likeness (QED) is 0.908. The Labute approximate surface area is 101 Å². The topological polar surface area (TPSA) is 38.3 Å². The van der Waals surface area contributed by atoms with Crippen molar-refractivity contribution in [2.24, 2.45) is 0 Å². The van der Waals surface area contributed by atoms with Crippen molar-refractivity contribution in [2.45, 2.75) is 18.9 Å². The van der Waals surface area contributed by atoms with Gasteiger partial charge in [-0.2, -0.15) is 0 Å². The molecule has 2 rings (SSSR count). The normalized spacial score (nSPS) is 19.8. The number of carbonyl (C=O) groups excluding carboxylic acids is 1. The van der Waals surface area contributed by atoms with Crippen LogP contribution in [0.2, 0.25) is 0 Å². The van der Waals surface area contributed by atoms with E-state index >= 15 is 0 Å². The van der Waals surface area contributed by atoms with Crippen LogP contribution >= 0.6 is 15.9 Å². The lowest BCUT2D eigenvalue weighted by molar-refractivity contribution is -0.124. The second kappa shape index (κ2) is 4.93. The third-order valence-corrected chi connectivity index (χ3v) is 3.07. The zero-order valence-electron chi connectivity index (χ0n) is 8.50. The fraction of sp³-hybridized carbons (Fsp3) is 0.364. The van der Waals surface area contributed by atoms with Crippen LogP contribution < -0.4 is 5.32 Å². The number of hydrogen-bond donors (Lipinski definition) is 1. The van der Waals surface area contributed by atoms with Gasteiger partial charge in [-0.3, -0.25) is 4.79 Å². The summed E-state index contributed by atoms with van der Waals surface area (Å²) in [5.74, 6) is -0.521. The van der Waals surface area contributed by atoms with Gasteiger partial charge in [-0.1, -0.05) is 0 Å². The number of rotatable bonds is 2. The molecule has 1 saturated heterocycles. The first kappa shape index (κ1) is 11.5. The zero-order valence-corrected chi connectivity index (χ0v) is 10.1. The van der Waals surface area contributed by atoms with Crippen LogP contribution in [0.1, 0.15) is 12.8 Å². The van der Waals surface area contributed by atoms with Gasteiger partial charge in [-0.25, -0.2) is 4.39 Å². The molecule has 5 heteroatoms. The van der Waals surface area contributed by atoms with Gasteiger partial charge in [0, 0.05) is 11.1 Å². The van der Waals surface area contributed by atoms with Gasteiger partial charge in [0.25, 0.3) is 5.91 Å². The third kappa shape index (κ3) is 2.59. The maximum absolute atomic E-state index is 12.8. The van der Waals surface area contributed by atoms with Gasteiger partial charge in [-0.15, -0.1) is 0 Å². The first-order chi connectivity index (χ1) is 7.66. The molecule has 1 heterocycles. The van der Waals surface area contributed by atoms with Crippen LogP contribution in [0.25, 0.3) is 0 Å². The number of nitrogens with one attached hydrogen (secondary N) is 1. The van der Waals surface area contributed by atoms with Gasteiger partial charge in [0.2, 0.25) is 0 Å². The highest BCUT2D eigenvalue weighted by molar-refractivity contribution is 9.10. The summed E-state index contributed by atoms with van der Waals surface area (Å²) < 4.78 is 18.6. The van der Waals surface area contributed by atoms with Gasteiger partial charge >= 0.3 is 0 Å². The Kier molecular flexibility index (Phi) is 3.56. The Balaban J connectivity index is 2.05. The van der Waals surface area contributed by atoms with E-state index in [1.54, 1.807) is 0 Å². The highest BCUT2D eigenvalue weighted by Crippen LogP contribution is 2.24. The summed E-state index contributed by atoms with van der Waals surface area (Å²) in [6, 6.07) is 4.13. The number of anilines is 1. The molecule has 1 N–H and O–H groups in total. The number of carbonyl (C=O) groups is 1. The predicted molar refractivity (Wildman–Crippen MR) is 61.7 cm³/mol. The van der Waals surface area contributed by atoms with E-state index in [1.165, 1.54) is 18.2 Å². The van der Waals surface area contributed by atoms with E-state index in [0.29, 0.717) is 16.8 Å². The smallest absolute Gasteiger partial charge is 0.253 e. The molecule has 0 bridgehead atoms. The fourth-order valence-corrected chi connectivity index (χ4v) is 2.04. The van der Waals surface area contributed by atoms with Crippen LogP contribution in [0.15, 0.2) is 22.7 Å². The summed E-state index contributed by atoms with van der Waals surface area (Å²) >= 11 is 3.19. The number of benzene rings is 1. The summed E-state index contributed by atoms with van der Waals surface area (Å²) in [5, 5.41) is 2.70. The van der Waals surface area contributed by atoms with Crippen LogP contribution in [-0.2, 0) is 9.53 Å². The van der Waals surface area contributed by atoms with Crippen molar-refractivity contribution in [3.05, 3.63) is 28.5 Å². The minimum absolute atomic E-state index is 0.176. The summed E-state index contributed by atoms with van der Waals surface area (Å²) in [7, 11) is 0. The summed E-state index contributed by atoms with van der Waals surface area (Å²) in [5.41, 5.74) is 0.557. The Morgan fingerprint density at radius 2 is 2.38 bits per heavy atom. The van der Waals surface area contributed by atoms with Gasteiger partial charge in [-0.05, 0) is 47.0 Å². The Hall–Kier alpha value is -0.940. The second-order valence-corrected chi connectivity index (χ2v) is 4.47. The van der Waals surface area contributed by atoms with Crippen LogP contribution in [0.3, 0.4) is 0 Å². The maximum Gasteiger partial charge on any atom is 0.253 e. The summed E-state index contributed by atoms with van der Waals surface area (Å²) in [6.07, 6.45) is 1.27. The fourth-order valence-electron chi connectivity index (χ4n) is 1.59. The van der Waals surface area contributed by atoms with Gasteiger partial charge in [0.1, 0.15) is 11.9 Å². The molecule has 1 fully saturated rings. The lowest BCUT2D eigenvalue weighted by Gasteiger charge is -2.11. The summed E-state index contributed by atoms with van der Waals surface area (Å²) in [6.45, 7) is 0.628. The molecule has 1 amide bonds. The molecule has 0 aliphatic carbocycles. The lowest BCUT2D eigenvalue weighted by atomic mass is 10.2. The molecule has 1 atom stereocenters. The molecule has 16 heavy (non-hydrogen) atoms. The molecule has 86 valence electrons. The van der Waals surface area contributed by atoms with Crippen LogP contribution in [0, 0.1) is 5.82 Å². The highest BCUT2D eigenvalue weighted by atomic mass is 79.9. The van der Waals surface area contributed by atoms with Gasteiger partial charge in [0.05, 0.1) is 5.69 Å². The van der Waals surface area contributed by atoms with Crippen molar-refractivity contribution in [3.63, 3.8) is 0 Å². The molecule has 0 radical (unpaired) electrons. The Morgan fingerprint density at radius 1 is 1.56 bits per heavy atom. The molecule has 1 aliphatic heterocycles.